The van der Waals surface area contributed by atoms with E-state index in [2.05, 4.69) is 31.3 Å². The molecule has 5 nitrogen and oxygen atoms in total. The minimum Gasteiger partial charge on any atom is -0.368 e. The highest BCUT2D eigenvalue weighted by molar-refractivity contribution is 9.10. The normalized spacial score (nSPS) is 10.5. The predicted octanol–water partition coefficient (Wildman–Crippen LogP) is 3.41. The van der Waals surface area contributed by atoms with Crippen LogP contribution >= 0.6 is 15.9 Å². The Bertz CT molecular complexity index is 739. The molecule has 3 rings (SSSR count). The van der Waals surface area contributed by atoms with Gasteiger partial charge in [-0.15, -0.1) is 5.10 Å². The lowest BCUT2D eigenvalue weighted by Gasteiger charge is -2.03. The third-order valence-corrected chi connectivity index (χ3v) is 3.44. The summed E-state index contributed by atoms with van der Waals surface area (Å²) in [5, 5.41) is 7.51. The Balaban J connectivity index is 1.78. The average Bonchev–Trinajstić information content (AvgIpc) is 2.80. The fourth-order valence-corrected chi connectivity index (χ4v) is 2.43. The topological polar surface area (TPSA) is 68.8 Å². The Morgan fingerprint density at radius 1 is 1.10 bits per heavy atom. The fourth-order valence-electron chi connectivity index (χ4n) is 1.98. The van der Waals surface area contributed by atoms with Crippen LogP contribution in [0.4, 0.5) is 17.6 Å². The van der Waals surface area contributed by atoms with Crippen LogP contribution in [-0.2, 0) is 6.54 Å². The van der Waals surface area contributed by atoms with Crippen molar-refractivity contribution in [3.8, 4) is 0 Å². The summed E-state index contributed by atoms with van der Waals surface area (Å²) in [7, 11) is 0. The molecule has 0 fully saturated rings. The largest absolute Gasteiger partial charge is 0.368 e. The molecule has 21 heavy (non-hydrogen) atoms. The van der Waals surface area contributed by atoms with Gasteiger partial charge in [-0.25, -0.2) is 4.68 Å². The minimum absolute atomic E-state index is 0.383. The molecule has 0 saturated carbocycles. The molecular formula is C15H14BrN5. The first-order chi connectivity index (χ1) is 10.2. The Morgan fingerprint density at radius 2 is 1.90 bits per heavy atom. The van der Waals surface area contributed by atoms with Crippen LogP contribution < -0.4 is 11.1 Å². The molecule has 6 heteroatoms. The van der Waals surface area contributed by atoms with Crippen LogP contribution in [0.25, 0.3) is 0 Å². The van der Waals surface area contributed by atoms with Gasteiger partial charge in [0.25, 0.3) is 0 Å². The van der Waals surface area contributed by atoms with Crippen molar-refractivity contribution in [2.24, 2.45) is 0 Å². The zero-order valence-corrected chi connectivity index (χ0v) is 12.8. The first-order valence-electron chi connectivity index (χ1n) is 6.47. The third kappa shape index (κ3) is 3.41. The molecule has 0 spiro atoms. The molecule has 2 aromatic carbocycles. The van der Waals surface area contributed by atoms with Gasteiger partial charge in [0.15, 0.2) is 0 Å². The zero-order valence-electron chi connectivity index (χ0n) is 11.2. The minimum atomic E-state index is 0.383. The standard InChI is InChI=1S/C15H14BrN5/c16-12-6-4-5-11(9-12)10-21-14(17)19-15(20-21)18-13-7-2-1-3-8-13/h1-9H,10H2,(H3,17,18,19,20). The van der Waals surface area contributed by atoms with E-state index in [0.717, 1.165) is 15.7 Å². The molecule has 0 aliphatic carbocycles. The molecule has 0 saturated heterocycles. The van der Waals surface area contributed by atoms with Crippen molar-refractivity contribution in [1.29, 1.82) is 0 Å². The van der Waals surface area contributed by atoms with Crippen LogP contribution in [-0.4, -0.2) is 14.8 Å². The second-order valence-electron chi connectivity index (χ2n) is 4.57. The summed E-state index contributed by atoms with van der Waals surface area (Å²) in [4.78, 5) is 4.23. The average molecular weight is 344 g/mol. The van der Waals surface area contributed by atoms with Crippen molar-refractivity contribution in [2.45, 2.75) is 6.54 Å². The van der Waals surface area contributed by atoms with Crippen LogP contribution in [0.1, 0.15) is 5.56 Å². The molecule has 0 aliphatic rings. The highest BCUT2D eigenvalue weighted by atomic mass is 79.9. The van der Waals surface area contributed by atoms with E-state index in [1.807, 2.05) is 54.6 Å². The van der Waals surface area contributed by atoms with Crippen LogP contribution in [0.2, 0.25) is 0 Å². The molecule has 0 unspecified atom stereocenters. The summed E-state index contributed by atoms with van der Waals surface area (Å²) in [5.41, 5.74) is 7.95. The monoisotopic (exact) mass is 343 g/mol. The number of rotatable bonds is 4. The molecule has 0 radical (unpaired) electrons. The summed E-state index contributed by atoms with van der Waals surface area (Å²) in [6.07, 6.45) is 0. The number of hydrogen-bond acceptors (Lipinski definition) is 4. The Kier molecular flexibility index (Phi) is 3.87. The van der Waals surface area contributed by atoms with Gasteiger partial charge in [-0.1, -0.05) is 46.3 Å². The van der Waals surface area contributed by atoms with E-state index in [9.17, 15) is 0 Å². The number of nitrogen functional groups attached to an aromatic ring is 1. The van der Waals surface area contributed by atoms with Gasteiger partial charge >= 0.3 is 0 Å². The number of nitrogens with two attached hydrogens (primary N) is 1. The van der Waals surface area contributed by atoms with Crippen molar-refractivity contribution >= 4 is 33.5 Å². The molecule has 106 valence electrons. The van der Waals surface area contributed by atoms with Crippen molar-refractivity contribution < 1.29 is 0 Å². The Morgan fingerprint density at radius 3 is 2.67 bits per heavy atom. The third-order valence-electron chi connectivity index (χ3n) is 2.95. The number of nitrogens with one attached hydrogen (secondary N) is 1. The van der Waals surface area contributed by atoms with Crippen molar-refractivity contribution in [3.63, 3.8) is 0 Å². The lowest BCUT2D eigenvalue weighted by Crippen LogP contribution is -2.06. The highest BCUT2D eigenvalue weighted by Gasteiger charge is 2.07. The van der Waals surface area contributed by atoms with Gasteiger partial charge in [-0.3, -0.25) is 0 Å². The quantitative estimate of drug-likeness (QED) is 0.761. The lowest BCUT2D eigenvalue weighted by atomic mass is 10.2. The second-order valence-corrected chi connectivity index (χ2v) is 5.49. The molecule has 0 aliphatic heterocycles. The first kappa shape index (κ1) is 13.6. The van der Waals surface area contributed by atoms with Crippen LogP contribution in [0.3, 0.4) is 0 Å². The van der Waals surface area contributed by atoms with Crippen LogP contribution in [0.15, 0.2) is 59.1 Å². The highest BCUT2D eigenvalue weighted by Crippen LogP contribution is 2.16. The van der Waals surface area contributed by atoms with Crippen molar-refractivity contribution in [3.05, 3.63) is 64.6 Å². The number of halogens is 1. The van der Waals surface area contributed by atoms with E-state index < -0.39 is 0 Å². The maximum Gasteiger partial charge on any atom is 0.248 e. The summed E-state index contributed by atoms with van der Waals surface area (Å²) in [5.74, 6) is 0.877. The number of aromatic nitrogens is 3. The van der Waals surface area contributed by atoms with Gasteiger partial charge in [0, 0.05) is 10.2 Å². The summed E-state index contributed by atoms with van der Waals surface area (Å²) in [6, 6.07) is 17.8. The van der Waals surface area contributed by atoms with E-state index in [1.165, 1.54) is 0 Å². The molecule has 3 aromatic rings. The Labute approximate surface area is 130 Å². The molecule has 0 atom stereocenters. The number of para-hydroxylation sites is 1. The van der Waals surface area contributed by atoms with Gasteiger partial charge in [0.1, 0.15) is 0 Å². The smallest absolute Gasteiger partial charge is 0.248 e. The number of hydrogen-bond donors (Lipinski definition) is 2. The molecule has 1 heterocycles. The molecule has 1 aromatic heterocycles. The van der Waals surface area contributed by atoms with Gasteiger partial charge < -0.3 is 11.1 Å². The second kappa shape index (κ2) is 5.97. The molecule has 0 amide bonds. The van der Waals surface area contributed by atoms with E-state index >= 15 is 0 Å². The number of nitrogens with zero attached hydrogens (tertiary/aromatic N) is 3. The lowest BCUT2D eigenvalue weighted by molar-refractivity contribution is 0.698. The summed E-state index contributed by atoms with van der Waals surface area (Å²) >= 11 is 3.45. The van der Waals surface area contributed by atoms with Crippen LogP contribution in [0.5, 0.6) is 0 Å². The zero-order chi connectivity index (χ0) is 14.7. The van der Waals surface area contributed by atoms with E-state index in [-0.39, 0.29) is 0 Å². The fraction of sp³-hybridized carbons (Fsp3) is 0.0667. The Hall–Kier alpha value is -2.34. The number of benzene rings is 2. The van der Waals surface area contributed by atoms with Gasteiger partial charge in [0.2, 0.25) is 11.9 Å². The van der Waals surface area contributed by atoms with Gasteiger partial charge in [-0.2, -0.15) is 4.98 Å². The van der Waals surface area contributed by atoms with Gasteiger partial charge in [0.05, 0.1) is 6.54 Å². The molecular weight excluding hydrogens is 330 g/mol. The maximum absolute atomic E-state index is 5.92. The van der Waals surface area contributed by atoms with Crippen LogP contribution in [0, 0.1) is 0 Å². The predicted molar refractivity (Wildman–Crippen MR) is 87.4 cm³/mol. The van der Waals surface area contributed by atoms with Gasteiger partial charge in [-0.05, 0) is 29.8 Å². The van der Waals surface area contributed by atoms with Crippen molar-refractivity contribution in [1.82, 2.24) is 14.8 Å². The number of anilines is 3. The summed E-state index contributed by atoms with van der Waals surface area (Å²) in [6.45, 7) is 0.578. The molecule has 3 N–H and O–H groups in total. The molecule has 0 bridgehead atoms. The SMILES string of the molecule is Nc1nc(Nc2ccccc2)nn1Cc1cccc(Br)c1. The van der Waals surface area contributed by atoms with Crippen molar-refractivity contribution in [2.75, 3.05) is 11.1 Å². The van der Waals surface area contributed by atoms with E-state index in [1.54, 1.807) is 4.68 Å². The summed E-state index contributed by atoms with van der Waals surface area (Å²) < 4.78 is 2.70. The first-order valence-corrected chi connectivity index (χ1v) is 7.27. The van der Waals surface area contributed by atoms with E-state index in [4.69, 9.17) is 5.73 Å². The van der Waals surface area contributed by atoms with E-state index in [0.29, 0.717) is 18.4 Å². The maximum atomic E-state index is 5.92.